The van der Waals surface area contributed by atoms with Gasteiger partial charge in [-0.2, -0.15) is 21.7 Å². The van der Waals surface area contributed by atoms with E-state index in [0.29, 0.717) is 22.8 Å². The third-order valence-corrected chi connectivity index (χ3v) is 5.68. The number of rotatable bonds is 2. The SMILES string of the molecule is CC1SCCSC1c1noc(-c2nc(N)n[nH]2)n1. The predicted octanol–water partition coefficient (Wildman–Crippen LogP) is 1.35. The molecule has 0 spiro atoms. The van der Waals surface area contributed by atoms with Crippen molar-refractivity contribution >= 4 is 29.5 Å². The van der Waals surface area contributed by atoms with Crippen LogP contribution in [-0.2, 0) is 0 Å². The van der Waals surface area contributed by atoms with Crippen LogP contribution in [0.4, 0.5) is 5.95 Å². The van der Waals surface area contributed by atoms with Crippen LogP contribution in [0.5, 0.6) is 0 Å². The zero-order valence-corrected chi connectivity index (χ0v) is 11.3. The number of nitrogen functional groups attached to an aromatic ring is 1. The average Bonchev–Trinajstić information content (AvgIpc) is 2.98. The van der Waals surface area contributed by atoms with Gasteiger partial charge >= 0.3 is 0 Å². The number of anilines is 1. The highest BCUT2D eigenvalue weighted by Crippen LogP contribution is 2.41. The molecule has 2 aromatic heterocycles. The molecule has 2 aromatic rings. The van der Waals surface area contributed by atoms with Crippen LogP contribution in [0.1, 0.15) is 18.0 Å². The highest BCUT2D eigenvalue weighted by atomic mass is 32.2. The van der Waals surface area contributed by atoms with Crippen molar-refractivity contribution in [3.63, 3.8) is 0 Å². The molecule has 0 radical (unpaired) electrons. The molecule has 2 atom stereocenters. The first-order chi connectivity index (χ1) is 8.74. The Balaban J connectivity index is 1.84. The summed E-state index contributed by atoms with van der Waals surface area (Å²) in [5, 5.41) is 11.2. The van der Waals surface area contributed by atoms with Crippen LogP contribution in [-0.4, -0.2) is 42.1 Å². The van der Waals surface area contributed by atoms with E-state index in [4.69, 9.17) is 10.3 Å². The van der Waals surface area contributed by atoms with E-state index in [1.807, 2.05) is 23.5 Å². The fourth-order valence-electron chi connectivity index (χ4n) is 1.73. The van der Waals surface area contributed by atoms with Gasteiger partial charge in [0.1, 0.15) is 0 Å². The van der Waals surface area contributed by atoms with E-state index in [1.165, 1.54) is 5.75 Å². The van der Waals surface area contributed by atoms with Gasteiger partial charge in [-0.1, -0.05) is 12.1 Å². The van der Waals surface area contributed by atoms with E-state index in [1.54, 1.807) is 0 Å². The van der Waals surface area contributed by atoms with Crippen LogP contribution in [0.2, 0.25) is 0 Å². The summed E-state index contributed by atoms with van der Waals surface area (Å²) in [6.07, 6.45) is 0. The van der Waals surface area contributed by atoms with Crippen molar-refractivity contribution in [2.45, 2.75) is 17.4 Å². The van der Waals surface area contributed by atoms with Gasteiger partial charge in [0.15, 0.2) is 5.82 Å². The molecule has 96 valence electrons. The fraction of sp³-hybridized carbons (Fsp3) is 0.556. The Morgan fingerprint density at radius 2 is 2.17 bits per heavy atom. The molecule has 0 amide bonds. The summed E-state index contributed by atoms with van der Waals surface area (Å²) >= 11 is 3.79. The van der Waals surface area contributed by atoms with E-state index < -0.39 is 0 Å². The second kappa shape index (κ2) is 4.81. The number of hydrogen-bond donors (Lipinski definition) is 2. The van der Waals surface area contributed by atoms with Crippen LogP contribution in [0.15, 0.2) is 4.52 Å². The van der Waals surface area contributed by atoms with Gasteiger partial charge in [-0.3, -0.25) is 5.10 Å². The largest absolute Gasteiger partial charge is 0.366 e. The van der Waals surface area contributed by atoms with Crippen LogP contribution in [0, 0.1) is 0 Å². The summed E-state index contributed by atoms with van der Waals surface area (Å²) in [7, 11) is 0. The molecule has 0 aromatic carbocycles. The Kier molecular flexibility index (Phi) is 3.16. The number of aromatic nitrogens is 5. The Morgan fingerprint density at radius 1 is 1.33 bits per heavy atom. The third kappa shape index (κ3) is 2.19. The third-order valence-electron chi connectivity index (χ3n) is 2.59. The number of nitrogens with two attached hydrogens (primary N) is 1. The number of hydrogen-bond acceptors (Lipinski definition) is 8. The van der Waals surface area contributed by atoms with E-state index in [0.717, 1.165) is 5.75 Å². The minimum Gasteiger partial charge on any atom is -0.366 e. The lowest BCUT2D eigenvalue weighted by Gasteiger charge is -2.24. The maximum Gasteiger partial charge on any atom is 0.295 e. The maximum absolute atomic E-state index is 5.44. The molecule has 1 aliphatic heterocycles. The van der Waals surface area contributed by atoms with E-state index in [9.17, 15) is 0 Å². The number of thioether (sulfide) groups is 2. The molecule has 1 fully saturated rings. The number of H-pyrrole nitrogens is 1. The first kappa shape index (κ1) is 11.8. The number of nitrogens with one attached hydrogen (secondary N) is 1. The summed E-state index contributed by atoms with van der Waals surface area (Å²) < 4.78 is 5.19. The van der Waals surface area contributed by atoms with Crippen molar-refractivity contribution in [3.8, 4) is 11.7 Å². The second-order valence-corrected chi connectivity index (χ2v) is 6.60. The van der Waals surface area contributed by atoms with Gasteiger partial charge < -0.3 is 10.3 Å². The molecule has 0 saturated carbocycles. The van der Waals surface area contributed by atoms with Crippen molar-refractivity contribution in [2.75, 3.05) is 17.2 Å². The quantitative estimate of drug-likeness (QED) is 0.851. The molecule has 7 nitrogen and oxygen atoms in total. The molecule has 3 rings (SSSR count). The van der Waals surface area contributed by atoms with Gasteiger partial charge in [0.05, 0.1) is 5.25 Å². The first-order valence-electron chi connectivity index (χ1n) is 5.49. The van der Waals surface area contributed by atoms with Crippen molar-refractivity contribution in [1.82, 2.24) is 25.3 Å². The van der Waals surface area contributed by atoms with Crippen molar-refractivity contribution in [1.29, 1.82) is 0 Å². The van der Waals surface area contributed by atoms with Gasteiger partial charge in [0.25, 0.3) is 5.89 Å². The highest BCUT2D eigenvalue weighted by Gasteiger charge is 2.29. The maximum atomic E-state index is 5.44. The van der Waals surface area contributed by atoms with E-state index >= 15 is 0 Å². The van der Waals surface area contributed by atoms with Gasteiger partial charge in [0, 0.05) is 16.8 Å². The first-order valence-corrected chi connectivity index (χ1v) is 7.59. The Bertz CT molecular complexity index is 541. The van der Waals surface area contributed by atoms with Gasteiger partial charge in [0.2, 0.25) is 11.8 Å². The Labute approximate surface area is 112 Å². The summed E-state index contributed by atoms with van der Waals surface area (Å²) in [5.74, 6) is 3.90. The van der Waals surface area contributed by atoms with Gasteiger partial charge in [-0.15, -0.1) is 16.9 Å². The molecule has 1 aliphatic rings. The van der Waals surface area contributed by atoms with Crippen LogP contribution in [0.25, 0.3) is 11.7 Å². The second-order valence-electron chi connectivity index (χ2n) is 3.87. The topological polar surface area (TPSA) is 107 Å². The fourth-order valence-corrected chi connectivity index (χ4v) is 4.41. The predicted molar refractivity (Wildman–Crippen MR) is 71.2 cm³/mol. The summed E-state index contributed by atoms with van der Waals surface area (Å²) in [5.41, 5.74) is 5.44. The monoisotopic (exact) mass is 284 g/mol. The molecule has 18 heavy (non-hydrogen) atoms. The zero-order chi connectivity index (χ0) is 12.5. The van der Waals surface area contributed by atoms with E-state index in [2.05, 4.69) is 32.2 Å². The smallest absolute Gasteiger partial charge is 0.295 e. The van der Waals surface area contributed by atoms with Crippen molar-refractivity contribution in [2.24, 2.45) is 0 Å². The molecule has 3 N–H and O–H groups in total. The lowest BCUT2D eigenvalue weighted by molar-refractivity contribution is 0.419. The van der Waals surface area contributed by atoms with E-state index in [-0.39, 0.29) is 11.2 Å². The Hall–Kier alpha value is -1.22. The van der Waals surface area contributed by atoms with Crippen LogP contribution >= 0.6 is 23.5 Å². The molecule has 0 aliphatic carbocycles. The van der Waals surface area contributed by atoms with Crippen LogP contribution in [0.3, 0.4) is 0 Å². The normalized spacial score (nSPS) is 24.3. The lowest BCUT2D eigenvalue weighted by atomic mass is 10.3. The molecular formula is C9H12N6OS2. The minimum atomic E-state index is 0.167. The van der Waals surface area contributed by atoms with Crippen LogP contribution < -0.4 is 5.73 Å². The summed E-state index contributed by atoms with van der Waals surface area (Å²) in [6, 6.07) is 0. The van der Waals surface area contributed by atoms with Crippen molar-refractivity contribution in [3.05, 3.63) is 5.82 Å². The highest BCUT2D eigenvalue weighted by molar-refractivity contribution is 8.06. The molecule has 1 saturated heterocycles. The van der Waals surface area contributed by atoms with Crippen molar-refractivity contribution < 1.29 is 4.52 Å². The van der Waals surface area contributed by atoms with Gasteiger partial charge in [-0.25, -0.2) is 0 Å². The standard InChI is InChI=1S/C9H12N6OS2/c1-4-5(18-3-2-17-4)6-11-8(16-15-6)7-12-9(10)14-13-7/h4-5H,2-3H2,1H3,(H3,10,12,13,14). The lowest BCUT2D eigenvalue weighted by Crippen LogP contribution is -2.16. The Morgan fingerprint density at radius 3 is 2.89 bits per heavy atom. The molecule has 2 unspecified atom stereocenters. The molecule has 3 heterocycles. The summed E-state index contributed by atoms with van der Waals surface area (Å²) in [6.45, 7) is 2.18. The number of nitrogens with zero attached hydrogens (tertiary/aromatic N) is 4. The van der Waals surface area contributed by atoms with Gasteiger partial charge in [-0.05, 0) is 0 Å². The minimum absolute atomic E-state index is 0.167. The summed E-state index contributed by atoms with van der Waals surface area (Å²) in [4.78, 5) is 8.33. The molecular weight excluding hydrogens is 272 g/mol. The number of aromatic amines is 1. The zero-order valence-electron chi connectivity index (χ0n) is 9.66. The molecule has 0 bridgehead atoms. The molecule has 9 heteroatoms. The average molecular weight is 284 g/mol.